The van der Waals surface area contributed by atoms with Crippen molar-refractivity contribution in [3.8, 4) is 0 Å². The van der Waals surface area contributed by atoms with Gasteiger partial charge in [0.25, 0.3) is 0 Å². The van der Waals surface area contributed by atoms with E-state index in [0.717, 1.165) is 0 Å². The number of halogens is 1. The molecule has 0 aromatic carbocycles. The molecule has 0 aliphatic rings. The number of rotatable bonds is 0. The first-order chi connectivity index (χ1) is 0. The van der Waals surface area contributed by atoms with Crippen LogP contribution in [-0.4, -0.2) is 0 Å². The van der Waals surface area contributed by atoms with Crippen molar-refractivity contribution in [2.24, 2.45) is 0 Å². The molecule has 0 aromatic rings. The largest absolute Gasteiger partial charge is 0.344 e. The smallest absolute Gasteiger partial charge is 0 e. The van der Waals surface area contributed by atoms with Gasteiger partial charge < -0.3 is 30.8 Å². The van der Waals surface area contributed by atoms with Gasteiger partial charge in [-0.3, -0.25) is 0 Å². The first-order valence-corrected chi connectivity index (χ1v) is 0. The van der Waals surface area contributed by atoms with Gasteiger partial charge in [0.1, 0.15) is 0 Å². The summed E-state index contributed by atoms with van der Waals surface area (Å²) in [6.45, 7) is 0. The van der Waals surface area contributed by atoms with Crippen LogP contribution in [0.2, 0.25) is 0 Å². The van der Waals surface area contributed by atoms with E-state index in [9.17, 15) is 0 Å². The van der Waals surface area contributed by atoms with Gasteiger partial charge in [-0.05, 0) is 0 Å². The summed E-state index contributed by atoms with van der Waals surface area (Å²) in [5, 5.41) is 0. The minimum absolute atomic E-state index is 0. The molecule has 57 valence electrons. The Kier molecular flexibility index (Phi) is 30400. The molecule has 0 rings (SSSR count). The van der Waals surface area contributed by atoms with Gasteiger partial charge in [-0.2, -0.15) is 0 Å². The van der Waals surface area contributed by atoms with Crippen molar-refractivity contribution in [1.82, 2.24) is 30.8 Å². The standard InChI is InChI=1S/BrH.Co.5H3N/h1H;;5*1H3. The van der Waals surface area contributed by atoms with Crippen LogP contribution in [-0.2, 0) is 16.8 Å². The van der Waals surface area contributed by atoms with Crippen molar-refractivity contribution in [3.05, 3.63) is 0 Å². The van der Waals surface area contributed by atoms with Crippen molar-refractivity contribution in [1.29, 1.82) is 0 Å². The quantitative estimate of drug-likeness (QED) is 0.417. The third kappa shape index (κ3) is 251. The Hall–Kier alpha value is 0.786. The van der Waals surface area contributed by atoms with Gasteiger partial charge in [0.2, 0.25) is 0 Å². The van der Waals surface area contributed by atoms with E-state index < -0.39 is 0 Å². The Morgan fingerprint density at radius 3 is 0.429 bits per heavy atom. The summed E-state index contributed by atoms with van der Waals surface area (Å²) in [7, 11) is 0. The summed E-state index contributed by atoms with van der Waals surface area (Å²) in [5.41, 5.74) is 0. The van der Waals surface area contributed by atoms with E-state index in [1.807, 2.05) is 0 Å². The second-order valence-electron chi connectivity index (χ2n) is 0. The third-order valence-corrected chi connectivity index (χ3v) is 0. The Balaban J connectivity index is 0. The molecule has 5 nitrogen and oxygen atoms in total. The summed E-state index contributed by atoms with van der Waals surface area (Å²) < 4.78 is 0. The molecule has 15 N–H and O–H groups in total. The SMILES string of the molecule is Br.N.N.N.N.N.[Co]. The van der Waals surface area contributed by atoms with E-state index in [-0.39, 0.29) is 64.5 Å². The average Bonchev–Trinajstić information content (AvgIpc) is 0. The minimum atomic E-state index is 0. The fraction of sp³-hybridized carbons (Fsp3) is 0. The van der Waals surface area contributed by atoms with Crippen molar-refractivity contribution in [2.45, 2.75) is 0 Å². The zero-order valence-electron chi connectivity index (χ0n) is 4.28. The predicted octanol–water partition coefficient (Wildman–Crippen LogP) is 1.39. The molecule has 1 radical (unpaired) electrons. The maximum atomic E-state index is 0. The van der Waals surface area contributed by atoms with Crippen LogP contribution in [0.1, 0.15) is 0 Å². The Morgan fingerprint density at radius 2 is 0.429 bits per heavy atom. The van der Waals surface area contributed by atoms with Crippen LogP contribution >= 0.6 is 17.0 Å². The van der Waals surface area contributed by atoms with E-state index in [0.29, 0.717) is 0 Å². The van der Waals surface area contributed by atoms with E-state index in [1.165, 1.54) is 0 Å². The average molecular weight is 225 g/mol. The van der Waals surface area contributed by atoms with E-state index in [4.69, 9.17) is 0 Å². The third-order valence-electron chi connectivity index (χ3n) is 0. The van der Waals surface area contributed by atoms with Crippen molar-refractivity contribution >= 4 is 17.0 Å². The molecular weight excluding hydrogens is 209 g/mol. The molecule has 0 saturated heterocycles. The topological polar surface area (TPSA) is 175 Å². The van der Waals surface area contributed by atoms with E-state index in [1.54, 1.807) is 0 Å². The van der Waals surface area contributed by atoms with Crippen molar-refractivity contribution in [3.63, 3.8) is 0 Å². The number of hydrogen-bond acceptors (Lipinski definition) is 5. The molecule has 0 aromatic heterocycles. The van der Waals surface area contributed by atoms with Crippen molar-refractivity contribution < 1.29 is 16.8 Å². The summed E-state index contributed by atoms with van der Waals surface area (Å²) in [6, 6.07) is 0. The van der Waals surface area contributed by atoms with Crippen LogP contribution in [0.25, 0.3) is 0 Å². The maximum Gasteiger partial charge on any atom is 0 e. The first kappa shape index (κ1) is 580. The fourth-order valence-corrected chi connectivity index (χ4v) is 0. The normalized spacial score (nSPS) is 0. The molecule has 0 saturated carbocycles. The van der Waals surface area contributed by atoms with E-state index in [2.05, 4.69) is 0 Å². The molecule has 7 heavy (non-hydrogen) atoms. The monoisotopic (exact) mass is 224 g/mol. The van der Waals surface area contributed by atoms with Crippen LogP contribution in [0.4, 0.5) is 0 Å². The predicted molar refractivity (Wildman–Crippen MR) is 35.4 cm³/mol. The van der Waals surface area contributed by atoms with E-state index >= 15 is 0 Å². The van der Waals surface area contributed by atoms with Gasteiger partial charge in [-0.25, -0.2) is 0 Å². The molecule has 0 unspecified atom stereocenters. The van der Waals surface area contributed by atoms with Crippen LogP contribution < -0.4 is 30.8 Å². The molecular formula is H16BrCoN5. The second kappa shape index (κ2) is 367. The maximum absolute atomic E-state index is 0. The molecule has 0 atom stereocenters. The van der Waals surface area contributed by atoms with Gasteiger partial charge in [0.15, 0.2) is 0 Å². The van der Waals surface area contributed by atoms with Crippen molar-refractivity contribution in [2.75, 3.05) is 0 Å². The molecule has 0 heterocycles. The zero-order valence-corrected chi connectivity index (χ0v) is 7.03. The van der Waals surface area contributed by atoms with Gasteiger partial charge in [0, 0.05) is 16.8 Å². The molecule has 0 aliphatic heterocycles. The molecule has 0 bridgehead atoms. The summed E-state index contributed by atoms with van der Waals surface area (Å²) >= 11 is 0. The zero-order chi connectivity index (χ0) is 0. The summed E-state index contributed by atoms with van der Waals surface area (Å²) in [4.78, 5) is 0. The molecule has 0 spiro atoms. The van der Waals surface area contributed by atoms with Gasteiger partial charge >= 0.3 is 0 Å². The van der Waals surface area contributed by atoms with Crippen LogP contribution in [0.3, 0.4) is 0 Å². The van der Waals surface area contributed by atoms with Crippen LogP contribution in [0.15, 0.2) is 0 Å². The molecule has 7 heteroatoms. The van der Waals surface area contributed by atoms with Crippen LogP contribution in [0.5, 0.6) is 0 Å². The van der Waals surface area contributed by atoms with Gasteiger partial charge in [0.05, 0.1) is 0 Å². The minimum Gasteiger partial charge on any atom is -0.344 e. The molecule has 0 aliphatic carbocycles. The van der Waals surface area contributed by atoms with Gasteiger partial charge in [-0.1, -0.05) is 0 Å². The number of hydrogen-bond donors (Lipinski definition) is 5. The molecule has 0 amide bonds. The second-order valence-corrected chi connectivity index (χ2v) is 0. The Morgan fingerprint density at radius 1 is 0.429 bits per heavy atom. The van der Waals surface area contributed by atoms with Crippen LogP contribution in [0, 0.1) is 0 Å². The summed E-state index contributed by atoms with van der Waals surface area (Å²) in [6.07, 6.45) is 0. The summed E-state index contributed by atoms with van der Waals surface area (Å²) in [5.74, 6) is 0. The Bertz CT molecular complexity index is 8.04. The first-order valence-electron chi connectivity index (χ1n) is 0. The fourth-order valence-electron chi connectivity index (χ4n) is 0. The van der Waals surface area contributed by atoms with Gasteiger partial charge in [-0.15, -0.1) is 17.0 Å². The Labute approximate surface area is 64.9 Å². The molecule has 0 fully saturated rings.